The number of carbonyl (C=O) groups is 1. The highest BCUT2D eigenvalue weighted by atomic mass is 35.5. The Kier molecular flexibility index (Phi) is 6.37. The van der Waals surface area contributed by atoms with Crippen LogP contribution in [0.25, 0.3) is 10.9 Å². The molecule has 0 unspecified atom stereocenters. The van der Waals surface area contributed by atoms with E-state index >= 15 is 0 Å². The van der Waals surface area contributed by atoms with Crippen molar-refractivity contribution in [2.75, 3.05) is 6.61 Å². The Bertz CT molecular complexity index is 923. The number of aliphatic carboxylic acids is 1. The van der Waals surface area contributed by atoms with E-state index in [0.717, 1.165) is 28.5 Å². The van der Waals surface area contributed by atoms with Crippen molar-refractivity contribution in [2.24, 2.45) is 0 Å². The summed E-state index contributed by atoms with van der Waals surface area (Å²) in [6, 6.07) is 12.7. The Morgan fingerprint density at radius 2 is 2.11 bits per heavy atom. The average Bonchev–Trinajstić information content (AvgIpc) is 3.07. The van der Waals surface area contributed by atoms with Gasteiger partial charge in [-0.2, -0.15) is 0 Å². The molecule has 142 valence electrons. The summed E-state index contributed by atoms with van der Waals surface area (Å²) in [4.78, 5) is 14.9. The molecular weight excluding hydrogens is 364 g/mol. The monoisotopic (exact) mass is 386 g/mol. The van der Waals surface area contributed by atoms with Gasteiger partial charge in [0.25, 0.3) is 0 Å². The molecule has 0 saturated carbocycles. The molecular formula is C21H23ClN2O3. The maximum absolute atomic E-state index is 11.7. The number of hydrogen-bond acceptors (Lipinski definition) is 3. The van der Waals surface area contributed by atoms with Crippen molar-refractivity contribution >= 4 is 28.5 Å². The molecule has 0 bridgehead atoms. The Labute approximate surface area is 163 Å². The number of carboxylic acid groups (broad SMARTS) is 1. The zero-order valence-electron chi connectivity index (χ0n) is 15.2. The first-order chi connectivity index (χ1) is 13.1. The van der Waals surface area contributed by atoms with Crippen LogP contribution in [0.3, 0.4) is 0 Å². The second-order valence-electron chi connectivity index (χ2n) is 6.45. The number of aromatic nitrogens is 1. The molecule has 0 fully saturated rings. The van der Waals surface area contributed by atoms with E-state index in [2.05, 4.69) is 10.3 Å². The quantitative estimate of drug-likeness (QED) is 0.509. The predicted octanol–water partition coefficient (Wildman–Crippen LogP) is 4.40. The van der Waals surface area contributed by atoms with E-state index in [1.54, 1.807) is 0 Å². The first kappa shape index (κ1) is 19.3. The van der Waals surface area contributed by atoms with Gasteiger partial charge < -0.3 is 20.1 Å². The normalized spacial score (nSPS) is 12.2. The van der Waals surface area contributed by atoms with E-state index in [-0.39, 0.29) is 0 Å². The molecule has 0 aliphatic heterocycles. The fourth-order valence-corrected chi connectivity index (χ4v) is 3.25. The highest BCUT2D eigenvalue weighted by molar-refractivity contribution is 6.32. The number of ether oxygens (including phenoxy) is 1. The molecule has 5 nitrogen and oxygen atoms in total. The second kappa shape index (κ2) is 8.93. The second-order valence-corrected chi connectivity index (χ2v) is 6.86. The Morgan fingerprint density at radius 1 is 1.30 bits per heavy atom. The summed E-state index contributed by atoms with van der Waals surface area (Å²) in [5.41, 5.74) is 2.90. The molecule has 2 aromatic carbocycles. The van der Waals surface area contributed by atoms with Crippen LogP contribution < -0.4 is 10.1 Å². The third-order valence-electron chi connectivity index (χ3n) is 4.41. The van der Waals surface area contributed by atoms with Gasteiger partial charge in [0.2, 0.25) is 0 Å². The summed E-state index contributed by atoms with van der Waals surface area (Å²) in [6.07, 6.45) is 3.18. The largest absolute Gasteiger partial charge is 0.492 e. The highest BCUT2D eigenvalue weighted by Crippen LogP contribution is 2.26. The van der Waals surface area contributed by atoms with E-state index < -0.39 is 12.0 Å². The lowest BCUT2D eigenvalue weighted by Gasteiger charge is -2.15. The number of para-hydroxylation sites is 1. The molecule has 0 radical (unpaired) electrons. The molecule has 3 rings (SSSR count). The summed E-state index contributed by atoms with van der Waals surface area (Å²) in [5.74, 6) is -0.231. The van der Waals surface area contributed by atoms with Crippen LogP contribution in [0.15, 0.2) is 48.7 Å². The Morgan fingerprint density at radius 3 is 2.85 bits per heavy atom. The Balaban J connectivity index is 1.67. The highest BCUT2D eigenvalue weighted by Gasteiger charge is 2.19. The number of H-pyrrole nitrogens is 1. The summed E-state index contributed by atoms with van der Waals surface area (Å²) in [7, 11) is 0. The van der Waals surface area contributed by atoms with Crippen LogP contribution in [0.5, 0.6) is 5.75 Å². The number of rotatable bonds is 9. The third-order valence-corrected chi connectivity index (χ3v) is 4.70. The third kappa shape index (κ3) is 4.81. The lowest BCUT2D eigenvalue weighted by atomic mass is 10.0. The first-order valence-corrected chi connectivity index (χ1v) is 9.38. The van der Waals surface area contributed by atoms with Crippen molar-refractivity contribution in [3.63, 3.8) is 0 Å². The standard InChI is InChI=1S/C21H23ClN2O3/c1-2-9-27-20-8-7-14(10-17(20)22)12-23-19(21(25)26)11-15-13-24-18-6-4-3-5-16(15)18/h3-8,10,13,19,23-24H,2,9,11-12H2,1H3,(H,25,26)/t19-/m0/s1. The molecule has 0 aliphatic rings. The summed E-state index contributed by atoms with van der Waals surface area (Å²) < 4.78 is 5.57. The van der Waals surface area contributed by atoms with Crippen LogP contribution in [0.1, 0.15) is 24.5 Å². The maximum atomic E-state index is 11.7. The van der Waals surface area contributed by atoms with Crippen molar-refractivity contribution in [1.82, 2.24) is 10.3 Å². The van der Waals surface area contributed by atoms with Crippen LogP contribution in [-0.4, -0.2) is 28.7 Å². The van der Waals surface area contributed by atoms with Gasteiger partial charge in [-0.25, -0.2) is 0 Å². The molecule has 3 aromatic rings. The minimum Gasteiger partial charge on any atom is -0.492 e. The van der Waals surface area contributed by atoms with Crippen molar-refractivity contribution in [3.05, 3.63) is 64.8 Å². The van der Waals surface area contributed by atoms with Gasteiger partial charge in [-0.1, -0.05) is 42.8 Å². The van der Waals surface area contributed by atoms with Crippen LogP contribution in [0.4, 0.5) is 0 Å². The molecule has 6 heteroatoms. The van der Waals surface area contributed by atoms with Crippen LogP contribution >= 0.6 is 11.6 Å². The van der Waals surface area contributed by atoms with Crippen LogP contribution in [-0.2, 0) is 17.8 Å². The first-order valence-electron chi connectivity index (χ1n) is 9.01. The van der Waals surface area contributed by atoms with Gasteiger partial charge in [-0.15, -0.1) is 0 Å². The van der Waals surface area contributed by atoms with Gasteiger partial charge in [0.05, 0.1) is 11.6 Å². The summed E-state index contributed by atoms with van der Waals surface area (Å²) in [6.45, 7) is 3.06. The molecule has 1 aromatic heterocycles. The fraction of sp³-hybridized carbons (Fsp3) is 0.286. The number of halogens is 1. The molecule has 0 saturated heterocycles. The summed E-state index contributed by atoms with van der Waals surface area (Å²) in [5, 5.41) is 14.3. The predicted molar refractivity (Wildman–Crippen MR) is 108 cm³/mol. The number of carboxylic acids is 1. The average molecular weight is 387 g/mol. The zero-order valence-corrected chi connectivity index (χ0v) is 15.9. The molecule has 1 heterocycles. The molecule has 0 aliphatic carbocycles. The zero-order chi connectivity index (χ0) is 19.2. The fourth-order valence-electron chi connectivity index (χ4n) is 2.99. The Hall–Kier alpha value is -2.50. The van der Waals surface area contributed by atoms with Gasteiger partial charge >= 0.3 is 5.97 Å². The minimum atomic E-state index is -0.880. The SMILES string of the molecule is CCCOc1ccc(CN[C@@H](Cc2c[nH]c3ccccc23)C(=O)O)cc1Cl. The number of nitrogens with one attached hydrogen (secondary N) is 2. The van der Waals surface area contributed by atoms with Crippen molar-refractivity contribution < 1.29 is 14.6 Å². The van der Waals surface area contributed by atoms with Crippen molar-refractivity contribution in [1.29, 1.82) is 0 Å². The lowest BCUT2D eigenvalue weighted by molar-refractivity contribution is -0.139. The van der Waals surface area contributed by atoms with E-state index in [1.165, 1.54) is 0 Å². The number of benzene rings is 2. The topological polar surface area (TPSA) is 74.3 Å². The van der Waals surface area contributed by atoms with E-state index in [9.17, 15) is 9.90 Å². The molecule has 1 atom stereocenters. The number of hydrogen-bond donors (Lipinski definition) is 3. The van der Waals surface area contributed by atoms with Crippen LogP contribution in [0.2, 0.25) is 5.02 Å². The molecule has 3 N–H and O–H groups in total. The maximum Gasteiger partial charge on any atom is 0.321 e. The molecule has 27 heavy (non-hydrogen) atoms. The lowest BCUT2D eigenvalue weighted by Crippen LogP contribution is -2.38. The van der Waals surface area contributed by atoms with Gasteiger partial charge in [-0.3, -0.25) is 4.79 Å². The van der Waals surface area contributed by atoms with Gasteiger partial charge in [0.15, 0.2) is 0 Å². The van der Waals surface area contributed by atoms with Gasteiger partial charge in [0, 0.05) is 30.1 Å². The number of fused-ring (bicyclic) bond motifs is 1. The van der Waals surface area contributed by atoms with Gasteiger partial charge in [0.1, 0.15) is 11.8 Å². The van der Waals surface area contributed by atoms with E-state index in [0.29, 0.717) is 30.3 Å². The minimum absolute atomic E-state index is 0.394. The smallest absolute Gasteiger partial charge is 0.321 e. The van der Waals surface area contributed by atoms with Gasteiger partial charge in [-0.05, 0) is 35.7 Å². The van der Waals surface area contributed by atoms with Crippen molar-refractivity contribution in [3.8, 4) is 5.75 Å². The van der Waals surface area contributed by atoms with E-state index in [1.807, 2.05) is 55.6 Å². The number of aromatic amines is 1. The van der Waals surface area contributed by atoms with Crippen LogP contribution in [0, 0.1) is 0 Å². The van der Waals surface area contributed by atoms with Crippen molar-refractivity contribution in [2.45, 2.75) is 32.4 Å². The van der Waals surface area contributed by atoms with E-state index in [4.69, 9.17) is 16.3 Å². The molecule has 0 spiro atoms. The molecule has 0 amide bonds. The summed E-state index contributed by atoms with van der Waals surface area (Å²) >= 11 is 6.25.